The van der Waals surface area contributed by atoms with E-state index in [1.54, 1.807) is 0 Å². The summed E-state index contributed by atoms with van der Waals surface area (Å²) in [4.78, 5) is 0. The first-order valence-electron chi connectivity index (χ1n) is 23.5. The lowest BCUT2D eigenvalue weighted by atomic mass is 9.67. The summed E-state index contributed by atoms with van der Waals surface area (Å²) in [5.74, 6) is 0. The summed E-state index contributed by atoms with van der Waals surface area (Å²) < 4.78 is 15.8. The first-order valence-corrected chi connectivity index (χ1v) is 25.2. The van der Waals surface area contributed by atoms with Crippen LogP contribution in [-0.4, -0.2) is 0 Å². The molecule has 1 aliphatic carbocycles. The van der Waals surface area contributed by atoms with Crippen molar-refractivity contribution in [3.8, 4) is 33.4 Å². The van der Waals surface area contributed by atoms with Crippen LogP contribution in [0.2, 0.25) is 0 Å². The van der Waals surface area contributed by atoms with Crippen molar-refractivity contribution in [1.29, 1.82) is 0 Å². The summed E-state index contributed by atoms with van der Waals surface area (Å²) in [7, 11) is -3.23. The quantitative estimate of drug-likeness (QED) is 0.115. The van der Waals surface area contributed by atoms with Crippen LogP contribution in [0.25, 0.3) is 76.5 Å². The molecule has 1 aliphatic rings. The Kier molecular flexibility index (Phi) is 9.33. The van der Waals surface area contributed by atoms with E-state index in [0.29, 0.717) is 0 Å². The minimum atomic E-state index is -3.23. The van der Waals surface area contributed by atoms with Gasteiger partial charge in [0.15, 0.2) is 7.14 Å². The molecule has 0 saturated heterocycles. The Bertz CT molecular complexity index is 3900. The highest BCUT2D eigenvalue weighted by atomic mass is 31.2. The smallest absolute Gasteiger partial charge is 0.171 e. The van der Waals surface area contributed by atoms with Gasteiger partial charge in [0.05, 0.1) is 5.41 Å². The largest absolute Gasteiger partial charge is 0.309 e. The number of hydrogen-bond acceptors (Lipinski definition) is 1. The van der Waals surface area contributed by atoms with Crippen molar-refractivity contribution < 1.29 is 4.57 Å². The lowest BCUT2D eigenvalue weighted by Gasteiger charge is -2.35. The number of benzene rings is 12. The first-order chi connectivity index (χ1) is 33.5. The molecule has 0 fully saturated rings. The van der Waals surface area contributed by atoms with Gasteiger partial charge in [-0.15, -0.1) is 0 Å². The molecule has 0 saturated carbocycles. The molecule has 2 heteroatoms. The van der Waals surface area contributed by atoms with Crippen LogP contribution in [-0.2, 0) is 9.98 Å². The highest BCUT2D eigenvalue weighted by molar-refractivity contribution is 7.85. The SMILES string of the molecule is Cc1ccc2c(-c3cccc4ccccc34)c3cc(C4(c5ccc(P(=O)(c6ccccc6)c6ccccc6)cc5)c5ccccc5-c5ccccc54)ccc3c(-c3cccc4ccccc34)c2c1. The monoisotopic (exact) mass is 884 g/mol. The molecule has 0 spiro atoms. The van der Waals surface area contributed by atoms with Gasteiger partial charge in [-0.25, -0.2) is 0 Å². The molecule has 0 unspecified atom stereocenters. The van der Waals surface area contributed by atoms with Crippen molar-refractivity contribution in [2.45, 2.75) is 12.3 Å². The average Bonchev–Trinajstić information content (AvgIpc) is 3.71. The van der Waals surface area contributed by atoms with E-state index in [1.165, 1.54) is 98.7 Å². The minimum Gasteiger partial charge on any atom is -0.309 e. The van der Waals surface area contributed by atoms with Crippen molar-refractivity contribution in [2.24, 2.45) is 0 Å². The molecule has 0 aliphatic heterocycles. The molecule has 0 N–H and O–H groups in total. The average molecular weight is 885 g/mol. The predicted molar refractivity (Wildman–Crippen MR) is 289 cm³/mol. The highest BCUT2D eigenvalue weighted by Gasteiger charge is 2.46. The number of aryl methyl sites for hydroxylation is 1. The summed E-state index contributed by atoms with van der Waals surface area (Å²) in [6.45, 7) is 2.21. The molecular formula is C66H45OP. The van der Waals surface area contributed by atoms with Crippen LogP contribution in [0.5, 0.6) is 0 Å². The standard InChI is InChI=1S/C66H45OP/c1-44-34-40-58-60(42-44)64(56-30-16-20-45-18-8-10-26-52(45)56)59-41-37-48(43-61(59)65(58)57-31-17-21-46-19-9-11-27-53(46)57)66(62-32-14-12-28-54(62)55-29-13-15-33-63(55)66)47-35-38-51(39-36-47)68(67,49-22-4-2-5-23-49)50-24-6-3-7-25-50/h2-43H,1H3. The highest BCUT2D eigenvalue weighted by Crippen LogP contribution is 2.58. The van der Waals surface area contributed by atoms with Crippen molar-refractivity contribution in [3.05, 3.63) is 283 Å². The van der Waals surface area contributed by atoms with Gasteiger partial charge in [0.2, 0.25) is 0 Å². The zero-order chi connectivity index (χ0) is 45.4. The van der Waals surface area contributed by atoms with E-state index in [9.17, 15) is 0 Å². The molecule has 0 atom stereocenters. The lowest BCUT2D eigenvalue weighted by Crippen LogP contribution is -2.30. The molecule has 13 rings (SSSR count). The summed E-state index contributed by atoms with van der Waals surface area (Å²) in [5.41, 5.74) is 12.7. The van der Waals surface area contributed by atoms with E-state index >= 15 is 4.57 Å². The summed E-state index contributed by atoms with van der Waals surface area (Å²) in [6, 6.07) is 92.1. The Labute approximate surface area is 397 Å². The van der Waals surface area contributed by atoms with Crippen molar-refractivity contribution in [3.63, 3.8) is 0 Å². The van der Waals surface area contributed by atoms with Gasteiger partial charge in [-0.3, -0.25) is 0 Å². The van der Waals surface area contributed by atoms with Crippen LogP contribution in [0.4, 0.5) is 0 Å². The van der Waals surface area contributed by atoms with Crippen LogP contribution >= 0.6 is 7.14 Å². The molecule has 12 aromatic carbocycles. The predicted octanol–water partition coefficient (Wildman–Crippen LogP) is 15.9. The van der Waals surface area contributed by atoms with E-state index in [2.05, 4.69) is 201 Å². The summed E-state index contributed by atoms with van der Waals surface area (Å²) in [5, 5.41) is 12.2. The second-order valence-electron chi connectivity index (χ2n) is 18.3. The maximum atomic E-state index is 15.8. The van der Waals surface area contributed by atoms with Gasteiger partial charge in [-0.2, -0.15) is 0 Å². The number of hydrogen-bond donors (Lipinski definition) is 0. The first kappa shape index (κ1) is 40.2. The van der Waals surface area contributed by atoms with Gasteiger partial charge in [0.1, 0.15) is 0 Å². The fourth-order valence-corrected chi connectivity index (χ4v) is 14.4. The molecule has 0 bridgehead atoms. The number of fused-ring (bicyclic) bond motifs is 7. The fourth-order valence-electron chi connectivity index (χ4n) is 11.7. The second-order valence-corrected chi connectivity index (χ2v) is 21.0. The topological polar surface area (TPSA) is 17.1 Å². The van der Waals surface area contributed by atoms with Crippen molar-refractivity contribution >= 4 is 66.1 Å². The molecule has 68 heavy (non-hydrogen) atoms. The molecular weight excluding hydrogens is 840 g/mol. The zero-order valence-electron chi connectivity index (χ0n) is 37.6. The molecule has 0 aromatic heterocycles. The van der Waals surface area contributed by atoms with Crippen molar-refractivity contribution in [1.82, 2.24) is 0 Å². The maximum absolute atomic E-state index is 15.8. The van der Waals surface area contributed by atoms with Crippen LogP contribution in [0.15, 0.2) is 255 Å². The van der Waals surface area contributed by atoms with E-state index in [1.807, 2.05) is 60.7 Å². The summed E-state index contributed by atoms with van der Waals surface area (Å²) >= 11 is 0. The molecule has 0 radical (unpaired) electrons. The van der Waals surface area contributed by atoms with Gasteiger partial charge in [0.25, 0.3) is 0 Å². The molecule has 1 nitrogen and oxygen atoms in total. The van der Waals surface area contributed by atoms with Gasteiger partial charge in [-0.1, -0.05) is 254 Å². The Morgan fingerprint density at radius 1 is 0.309 bits per heavy atom. The number of rotatable bonds is 7. The van der Waals surface area contributed by atoms with Gasteiger partial charge >= 0.3 is 0 Å². The lowest BCUT2D eigenvalue weighted by molar-refractivity contribution is 0.592. The van der Waals surface area contributed by atoms with Gasteiger partial charge < -0.3 is 4.57 Å². The maximum Gasteiger partial charge on any atom is 0.171 e. The third-order valence-corrected chi connectivity index (χ3v) is 17.8. The third kappa shape index (κ3) is 5.93. The van der Waals surface area contributed by atoms with E-state index < -0.39 is 12.6 Å². The van der Waals surface area contributed by atoms with Gasteiger partial charge in [0, 0.05) is 15.9 Å². The van der Waals surface area contributed by atoms with Crippen LogP contribution < -0.4 is 15.9 Å². The molecule has 320 valence electrons. The normalized spacial score (nSPS) is 13.0. The Hall–Kier alpha value is -8.09. The van der Waals surface area contributed by atoms with Crippen LogP contribution in [0.1, 0.15) is 27.8 Å². The van der Waals surface area contributed by atoms with E-state index in [0.717, 1.165) is 21.5 Å². The Morgan fingerprint density at radius 2 is 0.721 bits per heavy atom. The van der Waals surface area contributed by atoms with Crippen LogP contribution in [0.3, 0.4) is 0 Å². The fraction of sp³-hybridized carbons (Fsp3) is 0.0303. The van der Waals surface area contributed by atoms with Gasteiger partial charge in [-0.05, 0) is 112 Å². The second kappa shape index (κ2) is 15.8. The molecule has 0 heterocycles. The zero-order valence-corrected chi connectivity index (χ0v) is 38.5. The Balaban J connectivity index is 1.15. The van der Waals surface area contributed by atoms with E-state index in [4.69, 9.17) is 0 Å². The minimum absolute atomic E-state index is 0.707. The van der Waals surface area contributed by atoms with Crippen molar-refractivity contribution in [2.75, 3.05) is 0 Å². The Morgan fingerprint density at radius 3 is 1.28 bits per heavy atom. The summed E-state index contributed by atoms with van der Waals surface area (Å²) in [6.07, 6.45) is 0. The molecule has 12 aromatic rings. The molecule has 0 amide bonds. The van der Waals surface area contributed by atoms with Crippen LogP contribution in [0, 0.1) is 6.92 Å². The van der Waals surface area contributed by atoms with E-state index in [-0.39, 0.29) is 0 Å². The third-order valence-electron chi connectivity index (χ3n) is 14.7.